The topological polar surface area (TPSA) is 43.8 Å². The van der Waals surface area contributed by atoms with E-state index in [4.69, 9.17) is 0 Å². The molecule has 0 saturated carbocycles. The van der Waals surface area contributed by atoms with Crippen molar-refractivity contribution in [3.8, 4) is 0 Å². The molecule has 2 rings (SSSR count). The Morgan fingerprint density at radius 3 is 2.53 bits per heavy atom. The molecule has 1 aromatic carbocycles. The first-order valence-electron chi connectivity index (χ1n) is 6.75. The molecule has 0 aliphatic carbocycles. The summed E-state index contributed by atoms with van der Waals surface area (Å²) in [7, 11) is 1.80. The molecule has 1 aromatic rings. The molecule has 1 aliphatic heterocycles. The van der Waals surface area contributed by atoms with Gasteiger partial charge < -0.3 is 14.9 Å². The zero-order valence-electron chi connectivity index (χ0n) is 11.8. The Hall–Kier alpha value is -1.55. The molecular weight excluding hydrogens is 240 g/mol. The van der Waals surface area contributed by atoms with E-state index in [1.807, 2.05) is 36.1 Å². The predicted octanol–water partition coefficient (Wildman–Crippen LogP) is 1.41. The van der Waals surface area contributed by atoms with E-state index < -0.39 is 6.04 Å². The van der Waals surface area contributed by atoms with Crippen LogP contribution < -0.4 is 4.90 Å². The largest absolute Gasteiger partial charge is 0.394 e. The fourth-order valence-electron chi connectivity index (χ4n) is 2.63. The van der Waals surface area contributed by atoms with Crippen molar-refractivity contribution in [2.45, 2.75) is 32.4 Å². The summed E-state index contributed by atoms with van der Waals surface area (Å²) in [5.41, 5.74) is 2.19. The molecule has 0 bridgehead atoms. The summed E-state index contributed by atoms with van der Waals surface area (Å²) in [4.78, 5) is 16.1. The van der Waals surface area contributed by atoms with Crippen molar-refractivity contribution in [3.63, 3.8) is 0 Å². The summed E-state index contributed by atoms with van der Waals surface area (Å²) >= 11 is 0. The molecule has 1 heterocycles. The number of carbonyl (C=O) groups excluding carboxylic acids is 1. The molecule has 1 aliphatic rings. The van der Waals surface area contributed by atoms with E-state index in [9.17, 15) is 9.90 Å². The van der Waals surface area contributed by atoms with Crippen LogP contribution in [0.3, 0.4) is 0 Å². The van der Waals surface area contributed by atoms with Gasteiger partial charge in [0, 0.05) is 25.3 Å². The summed E-state index contributed by atoms with van der Waals surface area (Å²) in [6, 6.07) is 7.87. The maximum atomic E-state index is 12.3. The van der Waals surface area contributed by atoms with Gasteiger partial charge in [-0.3, -0.25) is 4.79 Å². The van der Waals surface area contributed by atoms with Crippen molar-refractivity contribution in [2.24, 2.45) is 0 Å². The fraction of sp³-hybridized carbons (Fsp3) is 0.533. The minimum atomic E-state index is -0.481. The zero-order valence-corrected chi connectivity index (χ0v) is 11.8. The first-order chi connectivity index (χ1) is 9.04. The van der Waals surface area contributed by atoms with E-state index in [0.29, 0.717) is 0 Å². The van der Waals surface area contributed by atoms with Gasteiger partial charge in [0.05, 0.1) is 6.61 Å². The smallest absolute Gasteiger partial charge is 0.247 e. The fourth-order valence-corrected chi connectivity index (χ4v) is 2.63. The van der Waals surface area contributed by atoms with Crippen LogP contribution in [0.15, 0.2) is 24.3 Å². The number of anilines is 1. The molecule has 0 radical (unpaired) electrons. The molecule has 2 atom stereocenters. The highest BCUT2D eigenvalue weighted by atomic mass is 16.3. The Bertz CT molecular complexity index is 444. The van der Waals surface area contributed by atoms with Gasteiger partial charge in [0.2, 0.25) is 5.91 Å². The Morgan fingerprint density at radius 2 is 1.95 bits per heavy atom. The second kappa shape index (κ2) is 5.61. The minimum Gasteiger partial charge on any atom is -0.394 e. The Kier molecular flexibility index (Phi) is 4.10. The van der Waals surface area contributed by atoms with Crippen molar-refractivity contribution >= 4 is 11.6 Å². The average molecular weight is 262 g/mol. The predicted molar refractivity (Wildman–Crippen MR) is 76.2 cm³/mol. The van der Waals surface area contributed by atoms with Crippen molar-refractivity contribution in [2.75, 3.05) is 25.1 Å². The van der Waals surface area contributed by atoms with Gasteiger partial charge in [0.15, 0.2) is 0 Å². The summed E-state index contributed by atoms with van der Waals surface area (Å²) in [5.74, 6) is -0.00701. The van der Waals surface area contributed by atoms with Gasteiger partial charge in [-0.05, 0) is 32.4 Å². The van der Waals surface area contributed by atoms with E-state index in [0.717, 1.165) is 18.7 Å². The van der Waals surface area contributed by atoms with Crippen LogP contribution in [0.4, 0.5) is 5.69 Å². The molecule has 1 fully saturated rings. The van der Waals surface area contributed by atoms with Gasteiger partial charge in [-0.25, -0.2) is 0 Å². The van der Waals surface area contributed by atoms with E-state index in [1.165, 1.54) is 5.56 Å². The third kappa shape index (κ3) is 2.73. The van der Waals surface area contributed by atoms with E-state index in [2.05, 4.69) is 6.92 Å². The van der Waals surface area contributed by atoms with Crippen LogP contribution in [-0.2, 0) is 4.79 Å². The van der Waals surface area contributed by atoms with E-state index in [-0.39, 0.29) is 18.6 Å². The number of aryl methyl sites for hydroxylation is 1. The SMILES string of the molecule is Cc1ccc(N2C(C)CCN(C)C(=O)C2CO)cc1. The lowest BCUT2D eigenvalue weighted by molar-refractivity contribution is -0.131. The number of aliphatic hydroxyl groups is 1. The van der Waals surface area contributed by atoms with Crippen molar-refractivity contribution in [1.82, 2.24) is 4.90 Å². The highest BCUT2D eigenvalue weighted by Crippen LogP contribution is 2.25. The highest BCUT2D eigenvalue weighted by molar-refractivity contribution is 5.86. The summed E-state index contributed by atoms with van der Waals surface area (Å²) in [6.45, 7) is 4.73. The van der Waals surface area contributed by atoms with Crippen LogP contribution in [0.5, 0.6) is 0 Å². The minimum absolute atomic E-state index is 0.00701. The van der Waals surface area contributed by atoms with Gasteiger partial charge in [-0.15, -0.1) is 0 Å². The van der Waals surface area contributed by atoms with Crippen LogP contribution in [0.1, 0.15) is 18.9 Å². The number of hydrogen-bond acceptors (Lipinski definition) is 3. The second-order valence-electron chi connectivity index (χ2n) is 5.34. The Labute approximate surface area is 114 Å². The monoisotopic (exact) mass is 262 g/mol. The molecule has 1 N–H and O–H groups in total. The molecule has 1 amide bonds. The molecule has 1 saturated heterocycles. The molecule has 4 heteroatoms. The maximum absolute atomic E-state index is 12.3. The van der Waals surface area contributed by atoms with Crippen LogP contribution in [0, 0.1) is 6.92 Å². The number of benzene rings is 1. The summed E-state index contributed by atoms with van der Waals surface area (Å²) in [5, 5.41) is 9.62. The molecule has 19 heavy (non-hydrogen) atoms. The molecule has 104 valence electrons. The number of rotatable bonds is 2. The highest BCUT2D eigenvalue weighted by Gasteiger charge is 2.34. The van der Waals surface area contributed by atoms with Gasteiger partial charge in [-0.1, -0.05) is 17.7 Å². The van der Waals surface area contributed by atoms with E-state index in [1.54, 1.807) is 11.9 Å². The number of carbonyl (C=O) groups is 1. The molecule has 2 unspecified atom stereocenters. The normalized spacial score (nSPS) is 24.5. The van der Waals surface area contributed by atoms with E-state index >= 15 is 0 Å². The third-order valence-corrected chi connectivity index (χ3v) is 3.86. The lowest BCUT2D eigenvalue weighted by Gasteiger charge is -2.34. The number of likely N-dealkylation sites (N-methyl/N-ethyl adjacent to an activating group) is 1. The number of amides is 1. The summed E-state index contributed by atoms with van der Waals surface area (Å²) in [6.07, 6.45) is 0.909. The average Bonchev–Trinajstić information content (AvgIpc) is 2.51. The van der Waals surface area contributed by atoms with Crippen molar-refractivity contribution in [1.29, 1.82) is 0 Å². The van der Waals surface area contributed by atoms with Crippen molar-refractivity contribution < 1.29 is 9.90 Å². The van der Waals surface area contributed by atoms with Crippen LogP contribution >= 0.6 is 0 Å². The third-order valence-electron chi connectivity index (χ3n) is 3.86. The lowest BCUT2D eigenvalue weighted by Crippen LogP contribution is -2.49. The number of nitrogens with zero attached hydrogens (tertiary/aromatic N) is 2. The molecular formula is C15H22N2O2. The van der Waals surface area contributed by atoms with Crippen LogP contribution in [-0.4, -0.2) is 48.2 Å². The van der Waals surface area contributed by atoms with Gasteiger partial charge >= 0.3 is 0 Å². The van der Waals surface area contributed by atoms with Crippen LogP contribution in [0.25, 0.3) is 0 Å². The van der Waals surface area contributed by atoms with Crippen molar-refractivity contribution in [3.05, 3.63) is 29.8 Å². The van der Waals surface area contributed by atoms with Gasteiger partial charge in [0.1, 0.15) is 6.04 Å². The molecule has 4 nitrogen and oxygen atoms in total. The standard InChI is InChI=1S/C15H22N2O2/c1-11-4-6-13(7-5-11)17-12(2)8-9-16(3)15(19)14(17)10-18/h4-7,12,14,18H,8-10H2,1-3H3. The van der Waals surface area contributed by atoms with Gasteiger partial charge in [0.25, 0.3) is 0 Å². The first-order valence-corrected chi connectivity index (χ1v) is 6.75. The molecule has 0 aromatic heterocycles. The maximum Gasteiger partial charge on any atom is 0.247 e. The number of aliphatic hydroxyl groups excluding tert-OH is 1. The van der Waals surface area contributed by atoms with Crippen LogP contribution in [0.2, 0.25) is 0 Å². The summed E-state index contributed by atoms with van der Waals surface area (Å²) < 4.78 is 0. The quantitative estimate of drug-likeness (QED) is 0.876. The lowest BCUT2D eigenvalue weighted by atomic mass is 10.1. The Balaban J connectivity index is 2.37. The zero-order chi connectivity index (χ0) is 14.0. The molecule has 0 spiro atoms. The second-order valence-corrected chi connectivity index (χ2v) is 5.34. The number of hydrogen-bond donors (Lipinski definition) is 1. The Morgan fingerprint density at radius 1 is 1.32 bits per heavy atom. The van der Waals surface area contributed by atoms with Gasteiger partial charge in [-0.2, -0.15) is 0 Å². The first kappa shape index (κ1) is 13.9.